The summed E-state index contributed by atoms with van der Waals surface area (Å²) in [4.78, 5) is 30.2. The molecule has 0 bridgehead atoms. The molecule has 0 aliphatic heterocycles. The van der Waals surface area contributed by atoms with Gasteiger partial charge in [-0.25, -0.2) is 9.37 Å². The fraction of sp³-hybridized carbons (Fsp3) is 0.0455. The van der Waals surface area contributed by atoms with Gasteiger partial charge in [0.05, 0.1) is 32.4 Å². The highest BCUT2D eigenvalue weighted by atomic mass is 35.5. The number of rotatable bonds is 5. The van der Waals surface area contributed by atoms with Gasteiger partial charge in [-0.2, -0.15) is 0 Å². The molecule has 1 heterocycles. The molecule has 0 spiro atoms. The molecule has 0 radical (unpaired) electrons. The van der Waals surface area contributed by atoms with Crippen LogP contribution >= 0.6 is 35.0 Å². The maximum Gasteiger partial charge on any atom is 0.266 e. The molecule has 0 atom stereocenters. The number of fused-ring (bicyclic) bond motifs is 1. The minimum atomic E-state index is -0.571. The highest BCUT2D eigenvalue weighted by molar-refractivity contribution is 7.99. The molecule has 1 amide bonds. The van der Waals surface area contributed by atoms with Gasteiger partial charge in [-0.05, 0) is 42.5 Å². The number of halogens is 3. The summed E-state index contributed by atoms with van der Waals surface area (Å²) in [6.07, 6.45) is 0. The van der Waals surface area contributed by atoms with Crippen LogP contribution in [-0.4, -0.2) is 21.2 Å². The molecule has 156 valence electrons. The molecule has 9 heteroatoms. The first-order valence-electron chi connectivity index (χ1n) is 9.08. The first-order chi connectivity index (χ1) is 14.9. The van der Waals surface area contributed by atoms with Crippen LogP contribution < -0.4 is 10.9 Å². The summed E-state index contributed by atoms with van der Waals surface area (Å²) in [5, 5.41) is 3.71. The van der Waals surface area contributed by atoms with Gasteiger partial charge in [0.25, 0.3) is 5.56 Å². The summed E-state index contributed by atoms with van der Waals surface area (Å²) in [6.45, 7) is 0. The number of thioether (sulfide) groups is 1. The number of carbonyl (C=O) groups is 1. The van der Waals surface area contributed by atoms with Gasteiger partial charge >= 0.3 is 0 Å². The van der Waals surface area contributed by atoms with E-state index in [2.05, 4.69) is 10.3 Å². The van der Waals surface area contributed by atoms with Crippen molar-refractivity contribution < 1.29 is 9.18 Å². The van der Waals surface area contributed by atoms with Crippen LogP contribution in [0.3, 0.4) is 0 Å². The van der Waals surface area contributed by atoms with Gasteiger partial charge in [-0.1, -0.05) is 59.2 Å². The quantitative estimate of drug-likeness (QED) is 0.304. The predicted octanol–water partition coefficient (Wildman–Crippen LogP) is 5.56. The molecule has 0 aliphatic rings. The Kier molecular flexibility index (Phi) is 6.27. The summed E-state index contributed by atoms with van der Waals surface area (Å²) in [5.74, 6) is -0.969. The molecule has 3 aromatic carbocycles. The third-order valence-electron chi connectivity index (χ3n) is 4.37. The zero-order chi connectivity index (χ0) is 22.0. The van der Waals surface area contributed by atoms with Gasteiger partial charge < -0.3 is 5.32 Å². The Bertz CT molecular complexity index is 1360. The average Bonchev–Trinajstić information content (AvgIpc) is 2.76. The molecule has 0 unspecified atom stereocenters. The molecule has 5 nitrogen and oxygen atoms in total. The third kappa shape index (κ3) is 4.58. The van der Waals surface area contributed by atoms with Crippen molar-refractivity contribution in [3.63, 3.8) is 0 Å². The normalized spacial score (nSPS) is 10.9. The lowest BCUT2D eigenvalue weighted by Gasteiger charge is -2.14. The second kappa shape index (κ2) is 9.09. The van der Waals surface area contributed by atoms with Gasteiger partial charge in [0.15, 0.2) is 5.16 Å². The molecule has 4 aromatic rings. The molecule has 0 aliphatic carbocycles. The van der Waals surface area contributed by atoms with Gasteiger partial charge in [-0.3, -0.25) is 14.2 Å². The SMILES string of the molecule is O=C(CSc1nc2ccccc2c(=O)n1-c1ccccc1Cl)Nc1ccc(F)c(Cl)c1. The number of amides is 1. The van der Waals surface area contributed by atoms with E-state index in [0.717, 1.165) is 11.8 Å². The Labute approximate surface area is 190 Å². The van der Waals surface area contributed by atoms with E-state index >= 15 is 0 Å². The van der Waals surface area contributed by atoms with E-state index < -0.39 is 5.82 Å². The van der Waals surface area contributed by atoms with Crippen LogP contribution in [0.1, 0.15) is 0 Å². The number of aromatic nitrogens is 2. The number of hydrogen-bond acceptors (Lipinski definition) is 4. The number of hydrogen-bond donors (Lipinski definition) is 1. The zero-order valence-electron chi connectivity index (χ0n) is 15.8. The van der Waals surface area contributed by atoms with Crippen molar-refractivity contribution >= 4 is 57.5 Å². The summed E-state index contributed by atoms with van der Waals surface area (Å²) >= 11 is 13.2. The van der Waals surface area contributed by atoms with Crippen LogP contribution in [-0.2, 0) is 4.79 Å². The van der Waals surface area contributed by atoms with Gasteiger partial charge in [0, 0.05) is 5.69 Å². The van der Waals surface area contributed by atoms with E-state index in [1.165, 1.54) is 22.8 Å². The van der Waals surface area contributed by atoms with Gasteiger partial charge in [-0.15, -0.1) is 0 Å². The van der Waals surface area contributed by atoms with Crippen molar-refractivity contribution in [2.24, 2.45) is 0 Å². The third-order valence-corrected chi connectivity index (χ3v) is 5.92. The topological polar surface area (TPSA) is 64.0 Å². The Hall–Kier alpha value is -2.87. The van der Waals surface area contributed by atoms with Crippen molar-refractivity contribution in [2.45, 2.75) is 5.16 Å². The zero-order valence-corrected chi connectivity index (χ0v) is 18.1. The number of nitrogens with zero attached hydrogens (tertiary/aromatic N) is 2. The van der Waals surface area contributed by atoms with E-state index in [9.17, 15) is 14.0 Å². The summed E-state index contributed by atoms with van der Waals surface area (Å²) in [7, 11) is 0. The van der Waals surface area contributed by atoms with E-state index in [4.69, 9.17) is 23.2 Å². The van der Waals surface area contributed by atoms with Crippen LogP contribution in [0.15, 0.2) is 76.7 Å². The highest BCUT2D eigenvalue weighted by Gasteiger charge is 2.16. The Morgan fingerprint density at radius 1 is 1.03 bits per heavy atom. The maximum absolute atomic E-state index is 13.3. The minimum Gasteiger partial charge on any atom is -0.325 e. The maximum atomic E-state index is 13.3. The van der Waals surface area contributed by atoms with Crippen LogP contribution in [0.25, 0.3) is 16.6 Å². The second-order valence-electron chi connectivity index (χ2n) is 6.47. The molecule has 4 rings (SSSR count). The number of anilines is 1. The lowest BCUT2D eigenvalue weighted by molar-refractivity contribution is -0.113. The van der Waals surface area contributed by atoms with Crippen molar-refractivity contribution in [1.82, 2.24) is 9.55 Å². The van der Waals surface area contributed by atoms with Crippen molar-refractivity contribution in [1.29, 1.82) is 0 Å². The Morgan fingerprint density at radius 2 is 1.77 bits per heavy atom. The van der Waals surface area contributed by atoms with Crippen LogP contribution in [0.4, 0.5) is 10.1 Å². The molecular weight excluding hydrogens is 460 g/mol. The standard InChI is InChI=1S/C22H14Cl2FN3O2S/c23-15-6-2-4-8-19(15)28-21(30)14-5-1-3-7-18(14)27-22(28)31-12-20(29)26-13-9-10-17(25)16(24)11-13/h1-11H,12H2,(H,26,29). The minimum absolute atomic E-state index is 0.0375. The van der Waals surface area contributed by atoms with Crippen molar-refractivity contribution in [3.05, 3.63) is 92.9 Å². The fourth-order valence-corrected chi connectivity index (χ4v) is 4.16. The molecular formula is C22H14Cl2FN3O2S. The predicted molar refractivity (Wildman–Crippen MR) is 123 cm³/mol. The number of carbonyl (C=O) groups excluding carboxylic acids is 1. The summed E-state index contributed by atoms with van der Waals surface area (Å²) in [6, 6.07) is 17.8. The molecule has 31 heavy (non-hydrogen) atoms. The second-order valence-corrected chi connectivity index (χ2v) is 8.23. The lowest BCUT2D eigenvalue weighted by Crippen LogP contribution is -2.23. The van der Waals surface area contributed by atoms with Crippen LogP contribution in [0, 0.1) is 5.82 Å². The highest BCUT2D eigenvalue weighted by Crippen LogP contribution is 2.26. The first-order valence-corrected chi connectivity index (χ1v) is 10.8. The number of nitrogens with one attached hydrogen (secondary N) is 1. The van der Waals surface area contributed by atoms with Gasteiger partial charge in [0.2, 0.25) is 5.91 Å². The van der Waals surface area contributed by atoms with E-state index in [1.54, 1.807) is 48.5 Å². The van der Waals surface area contributed by atoms with E-state index in [1.807, 2.05) is 0 Å². The molecule has 1 aromatic heterocycles. The Balaban J connectivity index is 1.67. The Morgan fingerprint density at radius 3 is 2.55 bits per heavy atom. The fourth-order valence-electron chi connectivity index (χ4n) is 2.96. The molecule has 0 saturated carbocycles. The van der Waals surface area contributed by atoms with Gasteiger partial charge in [0.1, 0.15) is 5.82 Å². The van der Waals surface area contributed by atoms with E-state index in [0.29, 0.717) is 32.5 Å². The number of benzene rings is 3. The average molecular weight is 474 g/mol. The molecule has 0 saturated heterocycles. The first kappa shape index (κ1) is 21.4. The molecule has 0 fully saturated rings. The smallest absolute Gasteiger partial charge is 0.266 e. The van der Waals surface area contributed by atoms with Crippen LogP contribution in [0.5, 0.6) is 0 Å². The summed E-state index contributed by atoms with van der Waals surface area (Å²) < 4.78 is 14.7. The van der Waals surface area contributed by atoms with Crippen molar-refractivity contribution in [3.8, 4) is 5.69 Å². The number of para-hydroxylation sites is 2. The monoisotopic (exact) mass is 473 g/mol. The molecule has 1 N–H and O–H groups in total. The largest absolute Gasteiger partial charge is 0.325 e. The van der Waals surface area contributed by atoms with Crippen LogP contribution in [0.2, 0.25) is 10.0 Å². The lowest BCUT2D eigenvalue weighted by atomic mass is 10.2. The summed E-state index contributed by atoms with van der Waals surface area (Å²) in [5.41, 5.74) is 1.07. The van der Waals surface area contributed by atoms with E-state index in [-0.39, 0.29) is 22.2 Å². The van der Waals surface area contributed by atoms with Crippen molar-refractivity contribution in [2.75, 3.05) is 11.1 Å².